The number of nitrogens with two attached hydrogens (primary N) is 1. The molecule has 21 heavy (non-hydrogen) atoms. The molecule has 2 aromatic rings. The Labute approximate surface area is 126 Å². The van der Waals surface area contributed by atoms with Gasteiger partial charge in [0.05, 0.1) is 12.7 Å². The first-order chi connectivity index (χ1) is 10.0. The lowest BCUT2D eigenvalue weighted by Crippen LogP contribution is -2.52. The predicted molar refractivity (Wildman–Crippen MR) is 83.6 cm³/mol. The lowest BCUT2D eigenvalue weighted by molar-refractivity contribution is 0.0832. The Hall–Kier alpha value is -1.65. The van der Waals surface area contributed by atoms with E-state index in [0.29, 0.717) is 0 Å². The minimum atomic E-state index is 0.146. The highest BCUT2D eigenvalue weighted by atomic mass is 16.4. The molecule has 0 aliphatic carbocycles. The zero-order chi connectivity index (χ0) is 14.9. The number of aromatic nitrogens is 1. The number of piperidine rings is 1. The van der Waals surface area contributed by atoms with Crippen LogP contribution in [0.4, 0.5) is 0 Å². The van der Waals surface area contributed by atoms with Crippen molar-refractivity contribution in [1.29, 1.82) is 0 Å². The van der Waals surface area contributed by atoms with Gasteiger partial charge in [-0.25, -0.2) is 4.98 Å². The molecule has 1 saturated heterocycles. The third kappa shape index (κ3) is 3.17. The van der Waals surface area contributed by atoms with Crippen LogP contribution in [0.3, 0.4) is 0 Å². The molecule has 1 aromatic heterocycles. The number of hydrogen-bond donors (Lipinski definition) is 1. The van der Waals surface area contributed by atoms with Crippen molar-refractivity contribution < 1.29 is 4.42 Å². The van der Waals surface area contributed by atoms with E-state index in [1.165, 1.54) is 0 Å². The number of likely N-dealkylation sites (tertiary alicyclic amines) is 1. The lowest BCUT2D eigenvalue weighted by Gasteiger charge is -2.42. The molecule has 1 unspecified atom stereocenters. The fourth-order valence-corrected chi connectivity index (χ4v) is 2.93. The van der Waals surface area contributed by atoms with Crippen LogP contribution in [-0.2, 0) is 6.54 Å². The van der Waals surface area contributed by atoms with Crippen molar-refractivity contribution in [2.75, 3.05) is 13.1 Å². The van der Waals surface area contributed by atoms with Crippen molar-refractivity contribution in [1.82, 2.24) is 9.88 Å². The monoisotopic (exact) mass is 285 g/mol. The van der Waals surface area contributed by atoms with Crippen molar-refractivity contribution in [3.63, 3.8) is 0 Å². The summed E-state index contributed by atoms with van der Waals surface area (Å²) < 4.78 is 5.88. The Kier molecular flexibility index (Phi) is 3.83. The predicted octanol–water partition coefficient (Wildman–Crippen LogP) is 2.90. The first-order valence-corrected chi connectivity index (χ1v) is 7.53. The molecule has 112 valence electrons. The molecule has 3 rings (SSSR count). The molecule has 1 aliphatic heterocycles. The van der Waals surface area contributed by atoms with Gasteiger partial charge in [0.15, 0.2) is 5.76 Å². The molecular formula is C17H23N3O. The topological polar surface area (TPSA) is 55.3 Å². The number of hydrogen-bond acceptors (Lipinski definition) is 4. The summed E-state index contributed by atoms with van der Waals surface area (Å²) in [7, 11) is 0. The van der Waals surface area contributed by atoms with E-state index in [9.17, 15) is 0 Å². The van der Waals surface area contributed by atoms with Crippen LogP contribution in [-0.4, -0.2) is 29.0 Å². The van der Waals surface area contributed by atoms with Gasteiger partial charge in [-0.05, 0) is 11.8 Å². The Morgan fingerprint density at radius 2 is 2.10 bits per heavy atom. The summed E-state index contributed by atoms with van der Waals surface area (Å²) in [5.74, 6) is 1.61. The summed E-state index contributed by atoms with van der Waals surface area (Å²) in [5.41, 5.74) is 7.40. The summed E-state index contributed by atoms with van der Waals surface area (Å²) in [6.07, 6.45) is 2.84. The largest absolute Gasteiger partial charge is 0.439 e. The smallest absolute Gasteiger partial charge is 0.209 e. The second-order valence-electron chi connectivity index (χ2n) is 6.58. The molecule has 2 heterocycles. The molecule has 0 spiro atoms. The number of nitrogens with zero attached hydrogens (tertiary/aromatic N) is 2. The van der Waals surface area contributed by atoms with E-state index < -0.39 is 0 Å². The second-order valence-corrected chi connectivity index (χ2v) is 6.58. The molecular weight excluding hydrogens is 262 g/mol. The van der Waals surface area contributed by atoms with Gasteiger partial charge in [0.25, 0.3) is 0 Å². The highest BCUT2D eigenvalue weighted by Crippen LogP contribution is 2.29. The zero-order valence-corrected chi connectivity index (χ0v) is 12.7. The standard InChI is InChI=1S/C17H23N3O/c1-17(2)12-20(9-8-15(17)18)11-16-19-10-14(21-16)13-6-4-3-5-7-13/h3-7,10,15H,8-9,11-12,18H2,1-2H3. The molecule has 1 fully saturated rings. The molecule has 1 aliphatic rings. The van der Waals surface area contributed by atoms with E-state index >= 15 is 0 Å². The normalized spacial score (nSPS) is 22.3. The summed E-state index contributed by atoms with van der Waals surface area (Å²) in [4.78, 5) is 6.79. The Morgan fingerprint density at radius 1 is 1.33 bits per heavy atom. The van der Waals surface area contributed by atoms with Gasteiger partial charge in [0.1, 0.15) is 0 Å². The highest BCUT2D eigenvalue weighted by Gasteiger charge is 2.33. The van der Waals surface area contributed by atoms with Gasteiger partial charge in [-0.3, -0.25) is 4.90 Å². The first kappa shape index (κ1) is 14.3. The highest BCUT2D eigenvalue weighted by molar-refractivity contribution is 5.55. The van der Waals surface area contributed by atoms with Crippen LogP contribution in [0.2, 0.25) is 0 Å². The average Bonchev–Trinajstić information content (AvgIpc) is 2.92. The van der Waals surface area contributed by atoms with Crippen LogP contribution in [0.1, 0.15) is 26.2 Å². The molecule has 2 N–H and O–H groups in total. The van der Waals surface area contributed by atoms with Crippen LogP contribution in [0.5, 0.6) is 0 Å². The van der Waals surface area contributed by atoms with Gasteiger partial charge in [-0.2, -0.15) is 0 Å². The third-order valence-electron chi connectivity index (χ3n) is 4.36. The summed E-state index contributed by atoms with van der Waals surface area (Å²) >= 11 is 0. The summed E-state index contributed by atoms with van der Waals surface area (Å²) in [5, 5.41) is 0. The molecule has 0 amide bonds. The van der Waals surface area contributed by atoms with E-state index in [-0.39, 0.29) is 11.5 Å². The average molecular weight is 285 g/mol. The van der Waals surface area contributed by atoms with Crippen LogP contribution >= 0.6 is 0 Å². The maximum atomic E-state index is 6.18. The number of benzene rings is 1. The molecule has 0 bridgehead atoms. The van der Waals surface area contributed by atoms with Gasteiger partial charge < -0.3 is 10.2 Å². The van der Waals surface area contributed by atoms with Crippen molar-refractivity contribution in [3.8, 4) is 11.3 Å². The fourth-order valence-electron chi connectivity index (χ4n) is 2.93. The third-order valence-corrected chi connectivity index (χ3v) is 4.36. The Morgan fingerprint density at radius 3 is 2.81 bits per heavy atom. The van der Waals surface area contributed by atoms with Crippen LogP contribution in [0.25, 0.3) is 11.3 Å². The van der Waals surface area contributed by atoms with Crippen molar-refractivity contribution >= 4 is 0 Å². The van der Waals surface area contributed by atoms with E-state index in [2.05, 4.69) is 23.7 Å². The molecule has 0 saturated carbocycles. The van der Waals surface area contributed by atoms with Gasteiger partial charge in [-0.15, -0.1) is 0 Å². The van der Waals surface area contributed by atoms with E-state index in [0.717, 1.165) is 43.3 Å². The summed E-state index contributed by atoms with van der Waals surface area (Å²) in [6.45, 7) is 7.21. The Balaban J connectivity index is 1.68. The zero-order valence-electron chi connectivity index (χ0n) is 12.7. The lowest BCUT2D eigenvalue weighted by atomic mass is 9.80. The molecule has 0 radical (unpaired) electrons. The minimum Gasteiger partial charge on any atom is -0.439 e. The van der Waals surface area contributed by atoms with Gasteiger partial charge in [-0.1, -0.05) is 44.2 Å². The van der Waals surface area contributed by atoms with Crippen molar-refractivity contribution in [2.45, 2.75) is 32.9 Å². The quantitative estimate of drug-likeness (QED) is 0.942. The van der Waals surface area contributed by atoms with Gasteiger partial charge in [0, 0.05) is 24.7 Å². The van der Waals surface area contributed by atoms with E-state index in [1.54, 1.807) is 0 Å². The van der Waals surface area contributed by atoms with Gasteiger partial charge in [0.2, 0.25) is 5.89 Å². The minimum absolute atomic E-state index is 0.146. The molecule has 4 heteroatoms. The van der Waals surface area contributed by atoms with E-state index in [1.807, 2.05) is 36.5 Å². The van der Waals surface area contributed by atoms with Crippen molar-refractivity contribution in [2.24, 2.45) is 11.1 Å². The SMILES string of the molecule is CC1(C)CN(Cc2ncc(-c3ccccc3)o2)CCC1N. The van der Waals surface area contributed by atoms with Gasteiger partial charge >= 0.3 is 0 Å². The second kappa shape index (κ2) is 5.62. The number of oxazole rings is 1. The molecule has 1 atom stereocenters. The first-order valence-electron chi connectivity index (χ1n) is 7.53. The molecule has 1 aromatic carbocycles. The van der Waals surface area contributed by atoms with E-state index in [4.69, 9.17) is 10.2 Å². The Bertz CT molecular complexity index is 591. The number of rotatable bonds is 3. The maximum Gasteiger partial charge on any atom is 0.209 e. The molecule has 4 nitrogen and oxygen atoms in total. The van der Waals surface area contributed by atoms with Crippen LogP contribution in [0, 0.1) is 5.41 Å². The fraction of sp³-hybridized carbons (Fsp3) is 0.471. The van der Waals surface area contributed by atoms with Crippen LogP contribution in [0.15, 0.2) is 40.9 Å². The van der Waals surface area contributed by atoms with Crippen molar-refractivity contribution in [3.05, 3.63) is 42.4 Å². The maximum absolute atomic E-state index is 6.18. The summed E-state index contributed by atoms with van der Waals surface area (Å²) in [6, 6.07) is 10.4. The van der Waals surface area contributed by atoms with Crippen LogP contribution < -0.4 is 5.73 Å².